The number of rotatable bonds is 8. The van der Waals surface area contributed by atoms with Crippen LogP contribution in [0.3, 0.4) is 0 Å². The third-order valence-corrected chi connectivity index (χ3v) is 2.59. The van der Waals surface area contributed by atoms with Crippen LogP contribution in [0.5, 0.6) is 5.75 Å². The second kappa shape index (κ2) is 8.02. The first-order valence-electron chi connectivity index (χ1n) is 6.77. The van der Waals surface area contributed by atoms with Crippen molar-refractivity contribution < 1.29 is 9.84 Å². The Bertz CT molecular complexity index is 350. The van der Waals surface area contributed by atoms with Crippen molar-refractivity contribution in [2.24, 2.45) is 5.92 Å². The zero-order valence-electron chi connectivity index (χ0n) is 12.4. The molecule has 1 aromatic carbocycles. The summed E-state index contributed by atoms with van der Waals surface area (Å²) in [4.78, 5) is 1.94. The van der Waals surface area contributed by atoms with E-state index < -0.39 is 6.10 Å². The number of aliphatic hydroxyl groups excluding tert-OH is 1. The largest absolute Gasteiger partial charge is 0.491 e. The third-order valence-electron chi connectivity index (χ3n) is 2.59. The summed E-state index contributed by atoms with van der Waals surface area (Å²) in [5.74, 6) is 1.41. The fraction of sp³-hybridized carbons (Fsp3) is 0.600. The summed E-state index contributed by atoms with van der Waals surface area (Å²) in [7, 11) is 3.86. The average Bonchev–Trinajstić information content (AvgIpc) is 2.34. The van der Waals surface area contributed by atoms with E-state index in [1.54, 1.807) is 0 Å². The molecule has 1 atom stereocenters. The maximum Gasteiger partial charge on any atom is 0.119 e. The SMILES string of the molecule is CC(C)CNc1ccc(OCC(O)CN(C)C)cc1. The van der Waals surface area contributed by atoms with E-state index in [0.29, 0.717) is 19.1 Å². The van der Waals surface area contributed by atoms with Crippen molar-refractivity contribution in [2.75, 3.05) is 39.1 Å². The van der Waals surface area contributed by atoms with Crippen LogP contribution < -0.4 is 10.1 Å². The standard InChI is InChI=1S/C15H26N2O2/c1-12(2)9-16-13-5-7-15(8-6-13)19-11-14(18)10-17(3)4/h5-8,12,14,16,18H,9-11H2,1-4H3. The first-order valence-corrected chi connectivity index (χ1v) is 6.77. The topological polar surface area (TPSA) is 44.7 Å². The first kappa shape index (κ1) is 15.8. The molecule has 108 valence electrons. The van der Waals surface area contributed by atoms with Gasteiger partial charge in [-0.3, -0.25) is 0 Å². The smallest absolute Gasteiger partial charge is 0.119 e. The van der Waals surface area contributed by atoms with Gasteiger partial charge in [-0.25, -0.2) is 0 Å². The molecule has 1 rings (SSSR count). The minimum atomic E-state index is -0.464. The number of ether oxygens (including phenoxy) is 1. The summed E-state index contributed by atoms with van der Waals surface area (Å²) in [6.45, 7) is 6.24. The molecule has 0 saturated carbocycles. The number of likely N-dealkylation sites (N-methyl/N-ethyl adjacent to an activating group) is 1. The monoisotopic (exact) mass is 266 g/mol. The molecular formula is C15H26N2O2. The molecule has 4 heteroatoms. The maximum atomic E-state index is 9.70. The van der Waals surface area contributed by atoms with Gasteiger partial charge in [-0.1, -0.05) is 13.8 Å². The minimum absolute atomic E-state index is 0.316. The van der Waals surface area contributed by atoms with Crippen LogP contribution in [0, 0.1) is 5.92 Å². The Morgan fingerprint density at radius 2 is 1.84 bits per heavy atom. The third kappa shape index (κ3) is 7.03. The molecule has 0 spiro atoms. The van der Waals surface area contributed by atoms with Crippen molar-refractivity contribution in [3.05, 3.63) is 24.3 Å². The van der Waals surface area contributed by atoms with Crippen molar-refractivity contribution in [1.82, 2.24) is 4.90 Å². The number of nitrogens with one attached hydrogen (secondary N) is 1. The Kier molecular flexibility index (Phi) is 6.67. The quantitative estimate of drug-likeness (QED) is 0.756. The molecule has 0 aliphatic rings. The number of hydrogen-bond donors (Lipinski definition) is 2. The molecule has 0 aromatic heterocycles. The van der Waals surface area contributed by atoms with Gasteiger partial charge in [-0.15, -0.1) is 0 Å². The van der Waals surface area contributed by atoms with Gasteiger partial charge in [0, 0.05) is 18.8 Å². The molecule has 0 aliphatic carbocycles. The van der Waals surface area contributed by atoms with Crippen LogP contribution in [0.2, 0.25) is 0 Å². The molecule has 0 fully saturated rings. The van der Waals surface area contributed by atoms with Gasteiger partial charge in [-0.2, -0.15) is 0 Å². The lowest BCUT2D eigenvalue weighted by Gasteiger charge is -2.16. The van der Waals surface area contributed by atoms with E-state index in [-0.39, 0.29) is 0 Å². The number of hydrogen-bond acceptors (Lipinski definition) is 4. The van der Waals surface area contributed by atoms with Crippen LogP contribution in [-0.2, 0) is 0 Å². The second-order valence-electron chi connectivity index (χ2n) is 5.53. The van der Waals surface area contributed by atoms with Gasteiger partial charge in [-0.05, 0) is 44.3 Å². The molecular weight excluding hydrogens is 240 g/mol. The molecule has 0 bridgehead atoms. The van der Waals surface area contributed by atoms with Crippen molar-refractivity contribution >= 4 is 5.69 Å². The van der Waals surface area contributed by atoms with Crippen LogP contribution in [0.25, 0.3) is 0 Å². The van der Waals surface area contributed by atoms with E-state index in [1.165, 1.54) is 0 Å². The Labute approximate surface area is 116 Å². The Balaban J connectivity index is 2.35. The number of anilines is 1. The van der Waals surface area contributed by atoms with E-state index in [1.807, 2.05) is 43.3 Å². The van der Waals surface area contributed by atoms with Crippen LogP contribution in [0.4, 0.5) is 5.69 Å². The zero-order valence-corrected chi connectivity index (χ0v) is 12.4. The summed E-state index contributed by atoms with van der Waals surface area (Å²) >= 11 is 0. The van der Waals surface area contributed by atoms with Gasteiger partial charge in [0.1, 0.15) is 18.5 Å². The van der Waals surface area contributed by atoms with Gasteiger partial charge in [0.15, 0.2) is 0 Å². The Hall–Kier alpha value is -1.26. The molecule has 1 unspecified atom stereocenters. The summed E-state index contributed by atoms with van der Waals surface area (Å²) in [6, 6.07) is 7.84. The normalized spacial score (nSPS) is 12.8. The Morgan fingerprint density at radius 3 is 2.37 bits per heavy atom. The van der Waals surface area contributed by atoms with Crippen molar-refractivity contribution in [1.29, 1.82) is 0 Å². The van der Waals surface area contributed by atoms with Gasteiger partial charge in [0.05, 0.1) is 0 Å². The predicted molar refractivity (Wildman–Crippen MR) is 79.8 cm³/mol. The molecule has 4 nitrogen and oxygen atoms in total. The maximum absolute atomic E-state index is 9.70. The van der Waals surface area contributed by atoms with Gasteiger partial charge >= 0.3 is 0 Å². The molecule has 0 radical (unpaired) electrons. The summed E-state index contributed by atoms with van der Waals surface area (Å²) < 4.78 is 5.54. The summed E-state index contributed by atoms with van der Waals surface area (Å²) in [6.07, 6.45) is -0.464. The van der Waals surface area contributed by atoms with Crippen LogP contribution in [-0.4, -0.2) is 49.9 Å². The highest BCUT2D eigenvalue weighted by Gasteiger charge is 2.06. The summed E-state index contributed by atoms with van der Waals surface area (Å²) in [5, 5.41) is 13.1. The van der Waals surface area contributed by atoms with E-state index >= 15 is 0 Å². The molecule has 1 aromatic rings. The lowest BCUT2D eigenvalue weighted by molar-refractivity contribution is 0.0831. The lowest BCUT2D eigenvalue weighted by atomic mass is 10.2. The highest BCUT2D eigenvalue weighted by molar-refractivity contribution is 5.46. The summed E-state index contributed by atoms with van der Waals surface area (Å²) in [5.41, 5.74) is 1.09. The fourth-order valence-corrected chi connectivity index (χ4v) is 1.66. The van der Waals surface area contributed by atoms with Crippen LogP contribution >= 0.6 is 0 Å². The molecule has 0 heterocycles. The van der Waals surface area contributed by atoms with E-state index in [2.05, 4.69) is 19.2 Å². The molecule has 19 heavy (non-hydrogen) atoms. The van der Waals surface area contributed by atoms with Crippen LogP contribution in [0.1, 0.15) is 13.8 Å². The highest BCUT2D eigenvalue weighted by atomic mass is 16.5. The van der Waals surface area contributed by atoms with Crippen molar-refractivity contribution in [3.63, 3.8) is 0 Å². The predicted octanol–water partition coefficient (Wildman–Crippen LogP) is 2.06. The van der Waals surface area contributed by atoms with Crippen molar-refractivity contribution in [3.8, 4) is 5.75 Å². The molecule has 0 aliphatic heterocycles. The van der Waals surface area contributed by atoms with Gasteiger partial charge < -0.3 is 20.1 Å². The number of benzene rings is 1. The fourth-order valence-electron chi connectivity index (χ4n) is 1.66. The lowest BCUT2D eigenvalue weighted by Crippen LogP contribution is -2.30. The van der Waals surface area contributed by atoms with E-state index in [0.717, 1.165) is 18.0 Å². The molecule has 2 N–H and O–H groups in total. The van der Waals surface area contributed by atoms with E-state index in [9.17, 15) is 5.11 Å². The number of aliphatic hydroxyl groups is 1. The first-order chi connectivity index (χ1) is 8.97. The van der Waals surface area contributed by atoms with Gasteiger partial charge in [0.2, 0.25) is 0 Å². The van der Waals surface area contributed by atoms with Gasteiger partial charge in [0.25, 0.3) is 0 Å². The van der Waals surface area contributed by atoms with Crippen LogP contribution in [0.15, 0.2) is 24.3 Å². The Morgan fingerprint density at radius 1 is 1.21 bits per heavy atom. The highest BCUT2D eigenvalue weighted by Crippen LogP contribution is 2.16. The van der Waals surface area contributed by atoms with E-state index in [4.69, 9.17) is 4.74 Å². The average molecular weight is 266 g/mol. The van der Waals surface area contributed by atoms with Crippen molar-refractivity contribution in [2.45, 2.75) is 20.0 Å². The zero-order chi connectivity index (χ0) is 14.3. The molecule has 0 saturated heterocycles. The molecule has 0 amide bonds. The number of nitrogens with zero attached hydrogens (tertiary/aromatic N) is 1. The second-order valence-corrected chi connectivity index (χ2v) is 5.53. The minimum Gasteiger partial charge on any atom is -0.491 e.